The number of esters is 1. The number of hydrogen-bond acceptors (Lipinski definition) is 7. The third-order valence-electron chi connectivity index (χ3n) is 5.61. The minimum atomic E-state index is -4.12. The lowest BCUT2D eigenvalue weighted by molar-refractivity contribution is -0.152. The van der Waals surface area contributed by atoms with Gasteiger partial charge in [0.25, 0.3) is 0 Å². The van der Waals surface area contributed by atoms with Gasteiger partial charge in [-0.3, -0.25) is 5.32 Å². The molecule has 3 aromatic carbocycles. The number of carbonyl (C=O) groups excluding carboxylic acids is 1. The van der Waals surface area contributed by atoms with Crippen molar-refractivity contribution in [2.24, 2.45) is 0 Å². The number of fused-ring (bicyclic) bond motifs is 1. The van der Waals surface area contributed by atoms with Crippen molar-refractivity contribution in [2.75, 3.05) is 18.0 Å². The number of thioether (sulfide) groups is 1. The second kappa shape index (κ2) is 9.40. The third kappa shape index (κ3) is 4.30. The summed E-state index contributed by atoms with van der Waals surface area (Å²) in [7, 11) is -2.86. The van der Waals surface area contributed by atoms with E-state index in [2.05, 4.69) is 10.0 Å². The van der Waals surface area contributed by atoms with Crippen molar-refractivity contribution in [1.82, 2.24) is 10.0 Å². The number of anilines is 1. The first-order chi connectivity index (χ1) is 16.5. The molecule has 2 heterocycles. The van der Waals surface area contributed by atoms with Gasteiger partial charge in [-0.1, -0.05) is 84.6 Å². The Bertz CT molecular complexity index is 1290. The fourth-order valence-electron chi connectivity index (χ4n) is 4.05. The second-order valence-electron chi connectivity index (χ2n) is 7.75. The summed E-state index contributed by atoms with van der Waals surface area (Å²) >= 11 is 1.47. The van der Waals surface area contributed by atoms with Crippen LogP contribution in [-0.4, -0.2) is 40.5 Å². The first-order valence-electron chi connectivity index (χ1n) is 10.7. The molecule has 2 aliphatic rings. The van der Waals surface area contributed by atoms with E-state index in [4.69, 9.17) is 9.47 Å². The summed E-state index contributed by atoms with van der Waals surface area (Å²) in [6.07, 6.45) is -1.95. The van der Waals surface area contributed by atoms with E-state index >= 15 is 0 Å². The maximum absolute atomic E-state index is 13.8. The van der Waals surface area contributed by atoms with Gasteiger partial charge in [-0.15, -0.1) is 0 Å². The van der Waals surface area contributed by atoms with Gasteiger partial charge in [0.2, 0.25) is 0 Å². The zero-order valence-electron chi connectivity index (χ0n) is 18.2. The van der Waals surface area contributed by atoms with Crippen molar-refractivity contribution >= 4 is 33.6 Å². The molecule has 0 saturated carbocycles. The summed E-state index contributed by atoms with van der Waals surface area (Å²) in [5.41, 5.74) is 3.17. The van der Waals surface area contributed by atoms with Gasteiger partial charge in [0.1, 0.15) is 5.37 Å². The number of ether oxygens (including phenoxy) is 2. The molecule has 3 atom stereocenters. The van der Waals surface area contributed by atoms with E-state index in [1.165, 1.54) is 23.2 Å². The van der Waals surface area contributed by atoms with Gasteiger partial charge in [0.05, 0.1) is 12.8 Å². The van der Waals surface area contributed by atoms with Crippen molar-refractivity contribution in [3.05, 3.63) is 84.4 Å². The largest absolute Gasteiger partial charge is 0.467 e. The van der Waals surface area contributed by atoms with Crippen molar-refractivity contribution < 1.29 is 22.7 Å². The molecule has 0 amide bonds. The van der Waals surface area contributed by atoms with E-state index in [0.29, 0.717) is 5.69 Å². The normalized spacial score (nSPS) is 21.9. The van der Waals surface area contributed by atoms with Crippen LogP contribution in [0.5, 0.6) is 0 Å². The van der Waals surface area contributed by atoms with Gasteiger partial charge in [0.15, 0.2) is 12.5 Å². The molecular weight excluding hydrogens is 474 g/mol. The zero-order valence-corrected chi connectivity index (χ0v) is 19.9. The highest BCUT2D eigenvalue weighted by atomic mass is 32.2. The van der Waals surface area contributed by atoms with Gasteiger partial charge in [-0.05, 0) is 17.2 Å². The lowest BCUT2D eigenvalue weighted by atomic mass is 10.0. The highest BCUT2D eigenvalue weighted by molar-refractivity contribution is 8.02. The number of nitrogens with one attached hydrogen (secondary N) is 2. The fourth-order valence-corrected chi connectivity index (χ4v) is 7.13. The topological polar surface area (TPSA) is 97.0 Å². The van der Waals surface area contributed by atoms with Crippen LogP contribution in [-0.2, 0) is 24.5 Å². The van der Waals surface area contributed by atoms with Crippen molar-refractivity contribution in [2.45, 2.75) is 22.7 Å². The number of methoxy groups -OCH3 is 1. The van der Waals surface area contributed by atoms with Gasteiger partial charge >= 0.3 is 16.2 Å². The monoisotopic (exact) mass is 497 g/mol. The summed E-state index contributed by atoms with van der Waals surface area (Å²) in [6, 6.07) is 24.9. The van der Waals surface area contributed by atoms with Crippen molar-refractivity contribution in [1.29, 1.82) is 0 Å². The smallest absolute Gasteiger partial charge is 0.336 e. The molecule has 0 aliphatic carbocycles. The number of carbonyl (C=O) groups is 1. The molecule has 0 radical (unpaired) electrons. The van der Waals surface area contributed by atoms with Crippen LogP contribution in [0.4, 0.5) is 5.69 Å². The summed E-state index contributed by atoms with van der Waals surface area (Å²) in [4.78, 5) is 12.7. The molecule has 34 heavy (non-hydrogen) atoms. The van der Waals surface area contributed by atoms with Crippen molar-refractivity contribution in [3.8, 4) is 11.1 Å². The lowest BCUT2D eigenvalue weighted by Gasteiger charge is -2.29. The average Bonchev–Trinajstić information content (AvgIpc) is 3.49. The van der Waals surface area contributed by atoms with Crippen LogP contribution in [0.15, 0.2) is 83.8 Å². The van der Waals surface area contributed by atoms with Crippen molar-refractivity contribution in [3.63, 3.8) is 0 Å². The van der Waals surface area contributed by atoms with E-state index in [9.17, 15) is 13.2 Å². The molecule has 1 saturated heterocycles. The minimum Gasteiger partial charge on any atom is -0.467 e. The molecule has 2 aliphatic heterocycles. The van der Waals surface area contributed by atoms with Crippen LogP contribution in [0.1, 0.15) is 10.9 Å². The first-order valence-corrected chi connectivity index (χ1v) is 13.0. The summed E-state index contributed by atoms with van der Waals surface area (Å²) in [5, 5.41) is 2.36. The van der Waals surface area contributed by atoms with E-state index in [1.54, 1.807) is 0 Å². The predicted molar refractivity (Wildman–Crippen MR) is 130 cm³/mol. The predicted octanol–water partition coefficient (Wildman–Crippen LogP) is 3.24. The van der Waals surface area contributed by atoms with Crippen LogP contribution >= 0.6 is 11.8 Å². The second-order valence-corrected chi connectivity index (χ2v) is 10.5. The minimum absolute atomic E-state index is 0.141. The quantitative estimate of drug-likeness (QED) is 0.505. The molecule has 0 spiro atoms. The zero-order chi connectivity index (χ0) is 23.7. The first kappa shape index (κ1) is 22.9. The van der Waals surface area contributed by atoms with Crippen LogP contribution in [0.25, 0.3) is 11.1 Å². The third-order valence-corrected chi connectivity index (χ3v) is 8.45. The molecule has 2 N–H and O–H groups in total. The molecule has 10 heteroatoms. The Balaban J connectivity index is 1.55. The molecule has 1 fully saturated rings. The van der Waals surface area contributed by atoms with Gasteiger partial charge < -0.3 is 9.47 Å². The highest BCUT2D eigenvalue weighted by Crippen LogP contribution is 2.55. The van der Waals surface area contributed by atoms with Crippen LogP contribution in [0.2, 0.25) is 0 Å². The Kier molecular flexibility index (Phi) is 6.32. The Morgan fingerprint density at radius 3 is 2.47 bits per heavy atom. The van der Waals surface area contributed by atoms with Crippen LogP contribution in [0.3, 0.4) is 0 Å². The molecule has 3 aromatic rings. The number of para-hydroxylation sites is 1. The molecule has 0 bridgehead atoms. The SMILES string of the molecule is COC(=O)[C@H]1CN[C@@H](NS(=O)(=O)N2c3c(cccc3-c3ccccc3)SC2c2ccccc2)O1. The molecular formula is C24H23N3O5S2. The Morgan fingerprint density at radius 2 is 1.76 bits per heavy atom. The average molecular weight is 498 g/mol. The number of benzene rings is 3. The number of nitrogens with zero attached hydrogens (tertiary/aromatic N) is 1. The molecule has 176 valence electrons. The maximum atomic E-state index is 13.8. The molecule has 1 unspecified atom stereocenters. The number of rotatable bonds is 6. The van der Waals surface area contributed by atoms with E-state index in [0.717, 1.165) is 21.6 Å². The highest BCUT2D eigenvalue weighted by Gasteiger charge is 2.43. The lowest BCUT2D eigenvalue weighted by Crippen LogP contribution is -2.49. The Labute approximate surface area is 202 Å². The van der Waals surface area contributed by atoms with E-state index in [-0.39, 0.29) is 6.54 Å². The van der Waals surface area contributed by atoms with Crippen LogP contribution < -0.4 is 14.3 Å². The van der Waals surface area contributed by atoms with Gasteiger partial charge in [-0.2, -0.15) is 13.1 Å². The van der Waals surface area contributed by atoms with E-state index < -0.39 is 34.0 Å². The van der Waals surface area contributed by atoms with E-state index in [1.807, 2.05) is 78.9 Å². The number of hydrogen-bond donors (Lipinski definition) is 2. The molecule has 0 aromatic heterocycles. The summed E-state index contributed by atoms with van der Waals surface area (Å²) < 4.78 is 41.9. The fraction of sp³-hybridized carbons (Fsp3) is 0.208. The Hall–Kier alpha value is -2.89. The van der Waals surface area contributed by atoms with Crippen LogP contribution in [0, 0.1) is 0 Å². The summed E-state index contributed by atoms with van der Waals surface area (Å²) in [5.74, 6) is -0.565. The summed E-state index contributed by atoms with van der Waals surface area (Å²) in [6.45, 7) is 0.141. The Morgan fingerprint density at radius 1 is 1.06 bits per heavy atom. The standard InChI is InChI=1S/C24H23N3O5S2/c1-31-23(28)19-15-25-24(32-19)26-34(29,30)27-21-18(16-9-4-2-5-10-16)13-8-14-20(21)33-22(27)17-11-6-3-7-12-17/h2-14,19,22,24-26H,15H2,1H3/t19-,22?,24+/m1/s1. The van der Waals surface area contributed by atoms with Gasteiger partial charge in [0, 0.05) is 17.0 Å². The van der Waals surface area contributed by atoms with Gasteiger partial charge in [-0.25, -0.2) is 9.10 Å². The molecule has 5 rings (SSSR count). The maximum Gasteiger partial charge on any atom is 0.336 e. The molecule has 8 nitrogen and oxygen atoms in total.